The van der Waals surface area contributed by atoms with E-state index in [4.69, 9.17) is 5.11 Å². The number of hydrogen-bond acceptors (Lipinski definition) is 3. The number of aliphatic hydroxyl groups excluding tert-OH is 1. The molecule has 0 aromatic heterocycles. The third-order valence-electron chi connectivity index (χ3n) is 0.518. The Morgan fingerprint density at radius 1 is 1.83 bits per heavy atom. The van der Waals surface area contributed by atoms with Gasteiger partial charge in [-0.2, -0.15) is 0 Å². The van der Waals surface area contributed by atoms with Crippen LogP contribution in [0.3, 0.4) is 0 Å². The zero-order valence-electron chi connectivity index (χ0n) is 3.09. The van der Waals surface area contributed by atoms with Crippen LogP contribution < -0.4 is 4.72 Å². The Morgan fingerprint density at radius 2 is 2.67 bits per heavy atom. The summed E-state index contributed by atoms with van der Waals surface area (Å²) in [4.78, 5) is 0. The van der Waals surface area contributed by atoms with Gasteiger partial charge >= 0.3 is 0 Å². The fourth-order valence-electron chi connectivity index (χ4n) is 0.262. The molecule has 0 spiro atoms. The SMILES string of the molecule is OC1C=CSN1. The highest BCUT2D eigenvalue weighted by molar-refractivity contribution is 8.00. The first-order valence-electron chi connectivity index (χ1n) is 1.65. The van der Waals surface area contributed by atoms with Crippen LogP contribution in [0.2, 0.25) is 0 Å². The Kier molecular flexibility index (Phi) is 1.14. The lowest BCUT2D eigenvalue weighted by Crippen LogP contribution is -2.13. The number of rotatable bonds is 0. The van der Waals surface area contributed by atoms with E-state index in [-0.39, 0.29) is 0 Å². The van der Waals surface area contributed by atoms with Gasteiger partial charge in [-0.3, -0.25) is 0 Å². The molecule has 2 N–H and O–H groups in total. The molecule has 0 saturated carbocycles. The lowest BCUT2D eigenvalue weighted by atomic mass is 10.6. The van der Waals surface area contributed by atoms with Crippen molar-refractivity contribution < 1.29 is 5.11 Å². The van der Waals surface area contributed by atoms with Crippen LogP contribution in [-0.4, -0.2) is 11.3 Å². The highest BCUT2D eigenvalue weighted by Crippen LogP contribution is 2.05. The van der Waals surface area contributed by atoms with E-state index in [0.717, 1.165) is 0 Å². The van der Waals surface area contributed by atoms with E-state index in [1.54, 1.807) is 6.08 Å². The van der Waals surface area contributed by atoms with Gasteiger partial charge in [0.1, 0.15) is 6.23 Å². The van der Waals surface area contributed by atoms with Crippen LogP contribution in [0.5, 0.6) is 0 Å². The molecule has 1 atom stereocenters. The zero-order valence-corrected chi connectivity index (χ0v) is 3.90. The van der Waals surface area contributed by atoms with E-state index in [9.17, 15) is 0 Å². The number of aliphatic hydroxyl groups is 1. The van der Waals surface area contributed by atoms with Crippen molar-refractivity contribution in [3.8, 4) is 0 Å². The predicted octanol–water partition coefficient (Wildman–Crippen LogP) is 0.0699. The molecule has 0 aromatic rings. The molecule has 1 unspecified atom stereocenters. The summed E-state index contributed by atoms with van der Waals surface area (Å²) < 4.78 is 2.68. The molecule has 0 bridgehead atoms. The second kappa shape index (κ2) is 1.64. The molecule has 1 aliphatic rings. The van der Waals surface area contributed by atoms with Crippen molar-refractivity contribution in [1.82, 2.24) is 4.72 Å². The Hall–Kier alpha value is 0.01000. The second-order valence-electron chi connectivity index (χ2n) is 1.01. The van der Waals surface area contributed by atoms with Crippen LogP contribution in [0.25, 0.3) is 0 Å². The first-order valence-corrected chi connectivity index (χ1v) is 2.53. The lowest BCUT2D eigenvalue weighted by molar-refractivity contribution is 0.219. The van der Waals surface area contributed by atoms with Crippen LogP contribution in [0.4, 0.5) is 0 Å². The highest BCUT2D eigenvalue weighted by atomic mass is 32.2. The quantitative estimate of drug-likeness (QED) is 0.425. The van der Waals surface area contributed by atoms with Gasteiger partial charge in [-0.25, -0.2) is 4.72 Å². The molecular weight excluding hydrogens is 98.1 g/mol. The van der Waals surface area contributed by atoms with Crippen molar-refractivity contribution in [1.29, 1.82) is 0 Å². The Labute approximate surface area is 40.4 Å². The van der Waals surface area contributed by atoms with E-state index in [0.29, 0.717) is 0 Å². The number of nitrogens with one attached hydrogen (secondary N) is 1. The van der Waals surface area contributed by atoms with E-state index in [2.05, 4.69) is 4.72 Å². The highest BCUT2D eigenvalue weighted by Gasteiger charge is 1.99. The maximum atomic E-state index is 8.51. The Balaban J connectivity index is 2.38. The minimum Gasteiger partial charge on any atom is -0.374 e. The molecule has 34 valence electrons. The Morgan fingerprint density at radius 3 is 2.83 bits per heavy atom. The van der Waals surface area contributed by atoms with Crippen LogP contribution in [0, 0.1) is 0 Å². The Bertz CT molecular complexity index is 73.2. The average molecular weight is 103 g/mol. The fourth-order valence-corrected chi connectivity index (χ4v) is 0.786. The zero-order chi connectivity index (χ0) is 4.41. The van der Waals surface area contributed by atoms with Crippen LogP contribution in [0.15, 0.2) is 11.5 Å². The van der Waals surface area contributed by atoms with Crippen molar-refractivity contribution in [3.63, 3.8) is 0 Å². The van der Waals surface area contributed by atoms with Crippen LogP contribution >= 0.6 is 11.9 Å². The van der Waals surface area contributed by atoms with Gasteiger partial charge in [0.15, 0.2) is 0 Å². The normalized spacial score (nSPS) is 31.8. The molecule has 1 rings (SSSR count). The van der Waals surface area contributed by atoms with Gasteiger partial charge in [-0.1, -0.05) is 11.9 Å². The molecule has 0 amide bonds. The first-order chi connectivity index (χ1) is 2.89. The summed E-state index contributed by atoms with van der Waals surface area (Å²) in [6, 6.07) is 0. The van der Waals surface area contributed by atoms with Gasteiger partial charge < -0.3 is 5.11 Å². The molecule has 1 heterocycles. The van der Waals surface area contributed by atoms with Crippen molar-refractivity contribution in [2.24, 2.45) is 0 Å². The van der Waals surface area contributed by atoms with E-state index in [1.165, 1.54) is 11.9 Å². The summed E-state index contributed by atoms with van der Waals surface area (Å²) in [6.45, 7) is 0. The van der Waals surface area contributed by atoms with Crippen molar-refractivity contribution in [2.45, 2.75) is 6.23 Å². The fraction of sp³-hybridized carbons (Fsp3) is 0.333. The summed E-state index contributed by atoms with van der Waals surface area (Å²) in [7, 11) is 0. The van der Waals surface area contributed by atoms with Gasteiger partial charge in [-0.15, -0.1) is 0 Å². The van der Waals surface area contributed by atoms with Gasteiger partial charge in [-0.05, 0) is 11.5 Å². The molecule has 0 saturated heterocycles. The predicted molar refractivity (Wildman–Crippen MR) is 25.9 cm³/mol. The molecular formula is C3H5NOS. The topological polar surface area (TPSA) is 32.3 Å². The lowest BCUT2D eigenvalue weighted by Gasteiger charge is -1.92. The molecule has 0 radical (unpaired) electrons. The third kappa shape index (κ3) is 0.739. The first kappa shape index (κ1) is 4.18. The molecule has 0 aromatic carbocycles. The molecule has 6 heavy (non-hydrogen) atoms. The van der Waals surface area contributed by atoms with Crippen molar-refractivity contribution >= 4 is 11.9 Å². The third-order valence-corrected chi connectivity index (χ3v) is 1.19. The second-order valence-corrected chi connectivity index (χ2v) is 1.75. The van der Waals surface area contributed by atoms with E-state index < -0.39 is 6.23 Å². The summed E-state index contributed by atoms with van der Waals surface area (Å²) >= 11 is 1.40. The van der Waals surface area contributed by atoms with Gasteiger partial charge in [0.2, 0.25) is 0 Å². The molecule has 2 nitrogen and oxygen atoms in total. The largest absolute Gasteiger partial charge is 0.374 e. The monoisotopic (exact) mass is 103 g/mol. The summed E-state index contributed by atoms with van der Waals surface area (Å²) in [5.74, 6) is 0. The molecule has 1 aliphatic heterocycles. The maximum absolute atomic E-state index is 8.51. The minimum absolute atomic E-state index is 0.421. The summed E-state index contributed by atoms with van der Waals surface area (Å²) in [5.41, 5.74) is 0. The average Bonchev–Trinajstić information content (AvgIpc) is 1.86. The van der Waals surface area contributed by atoms with Gasteiger partial charge in [0.05, 0.1) is 0 Å². The van der Waals surface area contributed by atoms with Crippen molar-refractivity contribution in [3.05, 3.63) is 11.5 Å². The van der Waals surface area contributed by atoms with E-state index in [1.807, 2.05) is 5.41 Å². The van der Waals surface area contributed by atoms with Gasteiger partial charge in [0.25, 0.3) is 0 Å². The minimum atomic E-state index is -0.421. The molecule has 3 heteroatoms. The maximum Gasteiger partial charge on any atom is 0.134 e. The smallest absolute Gasteiger partial charge is 0.134 e. The van der Waals surface area contributed by atoms with Crippen LogP contribution in [0.1, 0.15) is 0 Å². The molecule has 0 aliphatic carbocycles. The summed E-state index contributed by atoms with van der Waals surface area (Å²) in [5, 5.41) is 10.3. The number of hydrogen-bond donors (Lipinski definition) is 2. The van der Waals surface area contributed by atoms with E-state index >= 15 is 0 Å². The van der Waals surface area contributed by atoms with Crippen LogP contribution in [-0.2, 0) is 0 Å². The summed E-state index contributed by atoms with van der Waals surface area (Å²) in [6.07, 6.45) is 1.26. The van der Waals surface area contributed by atoms with Crippen molar-refractivity contribution in [2.75, 3.05) is 0 Å². The standard InChI is InChI=1S/C3H5NOS/c5-3-1-2-6-4-3/h1-5H. The molecule has 0 fully saturated rings. The van der Waals surface area contributed by atoms with Gasteiger partial charge in [0, 0.05) is 0 Å².